The Labute approximate surface area is 253 Å². The van der Waals surface area contributed by atoms with E-state index in [-0.39, 0.29) is 0 Å². The van der Waals surface area contributed by atoms with E-state index in [1.54, 1.807) is 0 Å². The summed E-state index contributed by atoms with van der Waals surface area (Å²) in [6.45, 7) is 4.28. The number of rotatable bonds is 8. The standard InChI is InChI=1S/C40H33NS/c1-30-21-24-32(25-22-30)13-9-10-18-35-26-27-39(37-20-12-11-19-36(35)37)41(40-28-23-31(2)42-40)29-38(33-14-5-3-6-15-33)34-16-7-4-8-17-34/h3-29H,1-2H3/b13-9+,18-10+. The van der Waals surface area contributed by atoms with E-state index in [2.05, 4.69) is 183 Å². The average molecular weight is 560 g/mol. The van der Waals surface area contributed by atoms with Crippen molar-refractivity contribution in [3.63, 3.8) is 0 Å². The number of allylic oxidation sites excluding steroid dienone is 2. The quantitative estimate of drug-likeness (QED) is 0.168. The SMILES string of the molecule is Cc1ccc(/C=C/C=C/c2ccc(N(C=C(c3ccccc3)c3ccccc3)c3ccc(C)s3)c3ccccc23)cc1. The molecule has 5 aromatic carbocycles. The fraction of sp³-hybridized carbons (Fsp3) is 0.0500. The first-order valence-electron chi connectivity index (χ1n) is 14.3. The summed E-state index contributed by atoms with van der Waals surface area (Å²) in [5.41, 5.74) is 8.38. The van der Waals surface area contributed by atoms with Gasteiger partial charge in [-0.2, -0.15) is 0 Å². The van der Waals surface area contributed by atoms with Gasteiger partial charge in [-0.1, -0.05) is 145 Å². The predicted octanol–water partition coefficient (Wildman–Crippen LogP) is 11.5. The zero-order chi connectivity index (χ0) is 28.7. The predicted molar refractivity (Wildman–Crippen MR) is 184 cm³/mol. The van der Waals surface area contributed by atoms with E-state index in [0.29, 0.717) is 0 Å². The second-order valence-electron chi connectivity index (χ2n) is 10.4. The third-order valence-electron chi connectivity index (χ3n) is 7.34. The lowest BCUT2D eigenvalue weighted by Crippen LogP contribution is -2.09. The van der Waals surface area contributed by atoms with Crippen LogP contribution in [0.2, 0.25) is 0 Å². The highest BCUT2D eigenvalue weighted by Gasteiger charge is 2.16. The minimum absolute atomic E-state index is 1.16. The Kier molecular flexibility index (Phi) is 8.26. The fourth-order valence-electron chi connectivity index (χ4n) is 5.15. The Balaban J connectivity index is 1.45. The van der Waals surface area contributed by atoms with Gasteiger partial charge >= 0.3 is 0 Å². The van der Waals surface area contributed by atoms with Gasteiger partial charge in [-0.3, -0.25) is 0 Å². The molecular formula is C40H33NS. The molecule has 1 nitrogen and oxygen atoms in total. The molecule has 0 saturated carbocycles. The van der Waals surface area contributed by atoms with E-state index in [9.17, 15) is 0 Å². The van der Waals surface area contributed by atoms with Crippen LogP contribution >= 0.6 is 11.3 Å². The molecule has 6 aromatic rings. The van der Waals surface area contributed by atoms with Gasteiger partial charge in [-0.05, 0) is 59.7 Å². The summed E-state index contributed by atoms with van der Waals surface area (Å²) in [5, 5.41) is 3.62. The lowest BCUT2D eigenvalue weighted by atomic mass is 9.98. The Morgan fingerprint density at radius 1 is 0.571 bits per heavy atom. The molecule has 6 rings (SSSR count). The van der Waals surface area contributed by atoms with Gasteiger partial charge in [0.05, 0.1) is 10.7 Å². The number of thiophene rings is 1. The summed E-state index contributed by atoms with van der Waals surface area (Å²) in [4.78, 5) is 3.65. The first-order chi connectivity index (χ1) is 20.7. The van der Waals surface area contributed by atoms with Crippen molar-refractivity contribution >= 4 is 50.5 Å². The second kappa shape index (κ2) is 12.7. The van der Waals surface area contributed by atoms with Crippen molar-refractivity contribution in [2.75, 3.05) is 4.90 Å². The lowest BCUT2D eigenvalue weighted by Gasteiger charge is -2.24. The highest BCUT2D eigenvalue weighted by Crippen LogP contribution is 2.39. The van der Waals surface area contributed by atoms with E-state index in [4.69, 9.17) is 0 Å². The summed E-state index contributed by atoms with van der Waals surface area (Å²) in [6.07, 6.45) is 10.9. The molecule has 2 heteroatoms. The third kappa shape index (κ3) is 6.20. The van der Waals surface area contributed by atoms with Gasteiger partial charge in [0, 0.05) is 22.0 Å². The number of benzene rings is 5. The Morgan fingerprint density at radius 2 is 1.19 bits per heavy atom. The molecule has 1 aromatic heterocycles. The van der Waals surface area contributed by atoms with Crippen LogP contribution in [-0.4, -0.2) is 0 Å². The number of anilines is 2. The van der Waals surface area contributed by atoms with E-state index < -0.39 is 0 Å². The highest BCUT2D eigenvalue weighted by molar-refractivity contribution is 7.16. The van der Waals surface area contributed by atoms with Crippen LogP contribution < -0.4 is 4.90 Å². The van der Waals surface area contributed by atoms with Crippen LogP contribution in [0.5, 0.6) is 0 Å². The first kappa shape index (κ1) is 27.3. The first-order valence-corrected chi connectivity index (χ1v) is 15.1. The number of hydrogen-bond acceptors (Lipinski definition) is 2. The molecule has 0 aliphatic rings. The van der Waals surface area contributed by atoms with Gasteiger partial charge in [-0.15, -0.1) is 11.3 Å². The van der Waals surface area contributed by atoms with Gasteiger partial charge < -0.3 is 4.90 Å². The van der Waals surface area contributed by atoms with Crippen molar-refractivity contribution < 1.29 is 0 Å². The van der Waals surface area contributed by atoms with Crippen LogP contribution in [0.3, 0.4) is 0 Å². The van der Waals surface area contributed by atoms with Crippen LogP contribution in [0, 0.1) is 13.8 Å². The topological polar surface area (TPSA) is 3.24 Å². The minimum atomic E-state index is 1.16. The molecule has 1 heterocycles. The molecular weight excluding hydrogens is 527 g/mol. The maximum Gasteiger partial charge on any atom is 0.0997 e. The van der Waals surface area contributed by atoms with Crippen molar-refractivity contribution in [2.45, 2.75) is 13.8 Å². The summed E-state index contributed by atoms with van der Waals surface area (Å²) in [7, 11) is 0. The van der Waals surface area contributed by atoms with Crippen molar-refractivity contribution in [3.05, 3.63) is 185 Å². The van der Waals surface area contributed by atoms with Gasteiger partial charge in [0.15, 0.2) is 0 Å². The molecule has 0 bridgehead atoms. The fourth-order valence-corrected chi connectivity index (χ4v) is 6.00. The molecule has 0 radical (unpaired) electrons. The van der Waals surface area contributed by atoms with Crippen LogP contribution in [0.15, 0.2) is 152 Å². The maximum absolute atomic E-state index is 2.36. The lowest BCUT2D eigenvalue weighted by molar-refractivity contribution is 1.33. The molecule has 0 N–H and O–H groups in total. The number of hydrogen-bond donors (Lipinski definition) is 0. The van der Waals surface area contributed by atoms with Gasteiger partial charge in [0.2, 0.25) is 0 Å². The largest absolute Gasteiger partial charge is 0.307 e. The Bertz CT molecular complexity index is 1830. The molecule has 204 valence electrons. The summed E-state index contributed by atoms with van der Waals surface area (Å²) >= 11 is 1.81. The molecule has 0 spiro atoms. The summed E-state index contributed by atoms with van der Waals surface area (Å²) < 4.78 is 0. The Hall–Kier alpha value is -4.92. The molecule has 0 fully saturated rings. The molecule has 42 heavy (non-hydrogen) atoms. The van der Waals surface area contributed by atoms with Crippen molar-refractivity contribution in [1.82, 2.24) is 0 Å². The van der Waals surface area contributed by atoms with E-state index in [1.807, 2.05) is 11.3 Å². The number of nitrogens with zero attached hydrogens (tertiary/aromatic N) is 1. The van der Waals surface area contributed by atoms with Gasteiger partial charge in [-0.25, -0.2) is 0 Å². The molecule has 0 unspecified atom stereocenters. The molecule has 0 saturated heterocycles. The molecule has 0 aliphatic carbocycles. The smallest absolute Gasteiger partial charge is 0.0997 e. The normalized spacial score (nSPS) is 11.4. The maximum atomic E-state index is 2.36. The van der Waals surface area contributed by atoms with E-state index >= 15 is 0 Å². The molecule has 0 aliphatic heterocycles. The Morgan fingerprint density at radius 3 is 1.83 bits per heavy atom. The van der Waals surface area contributed by atoms with Crippen LogP contribution in [0.1, 0.15) is 32.7 Å². The monoisotopic (exact) mass is 559 g/mol. The van der Waals surface area contributed by atoms with E-state index in [1.165, 1.54) is 54.0 Å². The van der Waals surface area contributed by atoms with Crippen LogP contribution in [0.4, 0.5) is 10.7 Å². The molecule has 0 atom stereocenters. The van der Waals surface area contributed by atoms with Crippen molar-refractivity contribution in [1.29, 1.82) is 0 Å². The van der Waals surface area contributed by atoms with Crippen molar-refractivity contribution in [2.24, 2.45) is 0 Å². The minimum Gasteiger partial charge on any atom is -0.307 e. The number of aryl methyl sites for hydroxylation is 2. The van der Waals surface area contributed by atoms with Crippen LogP contribution in [0.25, 0.3) is 28.5 Å². The van der Waals surface area contributed by atoms with E-state index in [0.717, 1.165) is 5.69 Å². The average Bonchev–Trinajstić information content (AvgIpc) is 3.47. The summed E-state index contributed by atoms with van der Waals surface area (Å²) in [5.74, 6) is 0. The van der Waals surface area contributed by atoms with Crippen molar-refractivity contribution in [3.8, 4) is 0 Å². The zero-order valence-electron chi connectivity index (χ0n) is 23.9. The second-order valence-corrected chi connectivity index (χ2v) is 11.6. The highest BCUT2D eigenvalue weighted by atomic mass is 32.1. The summed E-state index contributed by atoms with van der Waals surface area (Å²) in [6, 6.07) is 47.5. The van der Waals surface area contributed by atoms with Gasteiger partial charge in [0.1, 0.15) is 0 Å². The third-order valence-corrected chi connectivity index (χ3v) is 8.34. The van der Waals surface area contributed by atoms with Gasteiger partial charge in [0.25, 0.3) is 0 Å². The zero-order valence-corrected chi connectivity index (χ0v) is 24.8. The van der Waals surface area contributed by atoms with Crippen LogP contribution in [-0.2, 0) is 0 Å². The molecule has 0 amide bonds. The number of fused-ring (bicyclic) bond motifs is 1.